The molecule has 2 N–H and O–H groups in total. The van der Waals surface area contributed by atoms with Crippen molar-refractivity contribution in [2.24, 2.45) is 5.73 Å². The predicted molar refractivity (Wildman–Crippen MR) is 75.6 cm³/mol. The second-order valence-electron chi connectivity index (χ2n) is 4.73. The number of amides is 1. The van der Waals surface area contributed by atoms with Gasteiger partial charge in [-0.2, -0.15) is 0 Å². The molecule has 1 amide bonds. The molecule has 0 aliphatic carbocycles. The van der Waals surface area contributed by atoms with Crippen molar-refractivity contribution in [1.29, 1.82) is 0 Å². The van der Waals surface area contributed by atoms with E-state index in [9.17, 15) is 4.79 Å². The lowest BCUT2D eigenvalue weighted by Crippen LogP contribution is -2.29. The van der Waals surface area contributed by atoms with Crippen LogP contribution in [0.15, 0.2) is 29.2 Å². The number of hydrogen-bond donors (Lipinski definition) is 1. The lowest BCUT2D eigenvalue weighted by molar-refractivity contribution is -0.127. The van der Waals surface area contributed by atoms with E-state index in [1.54, 1.807) is 11.8 Å². The Morgan fingerprint density at radius 3 is 2.50 bits per heavy atom. The molecule has 1 unspecified atom stereocenters. The summed E-state index contributed by atoms with van der Waals surface area (Å²) in [5.41, 5.74) is 6.93. The van der Waals surface area contributed by atoms with Crippen molar-refractivity contribution in [2.45, 2.75) is 30.7 Å². The highest BCUT2D eigenvalue weighted by Gasteiger charge is 2.17. The van der Waals surface area contributed by atoms with E-state index in [1.165, 1.54) is 0 Å². The summed E-state index contributed by atoms with van der Waals surface area (Å²) in [6, 6.07) is 8.22. The molecule has 0 saturated carbocycles. The van der Waals surface area contributed by atoms with E-state index in [0.717, 1.165) is 36.4 Å². The monoisotopic (exact) mass is 264 g/mol. The third kappa shape index (κ3) is 3.50. The first kappa shape index (κ1) is 13.4. The third-order valence-electron chi connectivity index (χ3n) is 3.23. The van der Waals surface area contributed by atoms with Gasteiger partial charge < -0.3 is 10.6 Å². The molecule has 1 aromatic carbocycles. The Bertz CT molecular complexity index is 397. The molecule has 1 heterocycles. The van der Waals surface area contributed by atoms with E-state index in [0.29, 0.717) is 5.75 Å². The highest BCUT2D eigenvalue weighted by Crippen LogP contribution is 2.21. The zero-order valence-corrected chi connectivity index (χ0v) is 11.6. The second-order valence-corrected chi connectivity index (χ2v) is 5.78. The minimum absolute atomic E-state index is 0.0651. The first-order valence-corrected chi connectivity index (χ1v) is 7.41. The van der Waals surface area contributed by atoms with Gasteiger partial charge in [0, 0.05) is 24.0 Å². The largest absolute Gasteiger partial charge is 0.342 e. The molecule has 0 spiro atoms. The number of rotatable bonds is 4. The highest BCUT2D eigenvalue weighted by atomic mass is 32.2. The summed E-state index contributed by atoms with van der Waals surface area (Å²) in [4.78, 5) is 15.0. The van der Waals surface area contributed by atoms with Crippen LogP contribution in [0.25, 0.3) is 0 Å². The Kier molecular flexibility index (Phi) is 4.66. The maximum Gasteiger partial charge on any atom is 0.232 e. The van der Waals surface area contributed by atoms with Crippen LogP contribution in [0.5, 0.6) is 0 Å². The first-order chi connectivity index (χ1) is 8.66. The van der Waals surface area contributed by atoms with Gasteiger partial charge in [0.05, 0.1) is 5.75 Å². The summed E-state index contributed by atoms with van der Waals surface area (Å²) < 4.78 is 0. The van der Waals surface area contributed by atoms with Gasteiger partial charge in [-0.1, -0.05) is 12.1 Å². The molecule has 3 nitrogen and oxygen atoms in total. The Labute approximate surface area is 113 Å². The number of hydrogen-bond acceptors (Lipinski definition) is 3. The normalized spacial score (nSPS) is 16.9. The topological polar surface area (TPSA) is 46.3 Å². The molecule has 1 aromatic rings. The Morgan fingerprint density at radius 2 is 1.94 bits per heavy atom. The molecule has 2 rings (SSSR count). The van der Waals surface area contributed by atoms with Gasteiger partial charge in [0.2, 0.25) is 5.91 Å². The van der Waals surface area contributed by atoms with Gasteiger partial charge in [0.15, 0.2) is 0 Å². The maximum atomic E-state index is 11.9. The number of thioether (sulfide) groups is 1. The molecule has 98 valence electrons. The van der Waals surface area contributed by atoms with Crippen LogP contribution in [0.1, 0.15) is 31.4 Å². The Balaban J connectivity index is 1.84. The number of nitrogens with two attached hydrogens (primary N) is 1. The highest BCUT2D eigenvalue weighted by molar-refractivity contribution is 8.00. The lowest BCUT2D eigenvalue weighted by Gasteiger charge is -2.14. The van der Waals surface area contributed by atoms with Gasteiger partial charge in [-0.25, -0.2) is 0 Å². The number of nitrogens with zero attached hydrogens (tertiary/aromatic N) is 1. The average Bonchev–Trinajstić information content (AvgIpc) is 2.90. The molecule has 0 bridgehead atoms. The number of likely N-dealkylation sites (tertiary alicyclic amines) is 1. The van der Waals surface area contributed by atoms with Crippen LogP contribution in [-0.4, -0.2) is 29.6 Å². The summed E-state index contributed by atoms with van der Waals surface area (Å²) in [7, 11) is 0. The van der Waals surface area contributed by atoms with E-state index in [2.05, 4.69) is 0 Å². The molecule has 1 saturated heterocycles. The minimum atomic E-state index is 0.0651. The van der Waals surface area contributed by atoms with Crippen molar-refractivity contribution in [3.8, 4) is 0 Å². The third-order valence-corrected chi connectivity index (χ3v) is 4.22. The molecule has 0 radical (unpaired) electrons. The summed E-state index contributed by atoms with van der Waals surface area (Å²) in [5.74, 6) is 0.797. The van der Waals surface area contributed by atoms with Gasteiger partial charge in [-0.3, -0.25) is 4.79 Å². The molecular formula is C14H20N2OS. The average molecular weight is 264 g/mol. The van der Waals surface area contributed by atoms with Crippen molar-refractivity contribution in [3.05, 3.63) is 29.8 Å². The molecular weight excluding hydrogens is 244 g/mol. The number of carbonyl (C=O) groups is 1. The fraction of sp³-hybridized carbons (Fsp3) is 0.500. The number of benzene rings is 1. The zero-order valence-electron chi connectivity index (χ0n) is 10.8. The van der Waals surface area contributed by atoms with Crippen molar-refractivity contribution >= 4 is 17.7 Å². The van der Waals surface area contributed by atoms with E-state index < -0.39 is 0 Å². The van der Waals surface area contributed by atoms with Crippen LogP contribution >= 0.6 is 11.8 Å². The van der Waals surface area contributed by atoms with Gasteiger partial charge in [0.1, 0.15) is 0 Å². The maximum absolute atomic E-state index is 11.9. The van der Waals surface area contributed by atoms with E-state index in [-0.39, 0.29) is 11.9 Å². The second kappa shape index (κ2) is 6.25. The van der Waals surface area contributed by atoms with E-state index >= 15 is 0 Å². The molecule has 1 aliphatic rings. The Morgan fingerprint density at radius 1 is 1.33 bits per heavy atom. The van der Waals surface area contributed by atoms with Crippen LogP contribution in [0.3, 0.4) is 0 Å². The number of carbonyl (C=O) groups excluding carboxylic acids is 1. The molecule has 0 aromatic heterocycles. The fourth-order valence-electron chi connectivity index (χ4n) is 2.07. The predicted octanol–water partition coefficient (Wildman–Crippen LogP) is 2.42. The van der Waals surface area contributed by atoms with Crippen molar-refractivity contribution in [3.63, 3.8) is 0 Å². The summed E-state index contributed by atoms with van der Waals surface area (Å²) in [6.07, 6.45) is 2.30. The minimum Gasteiger partial charge on any atom is -0.342 e. The van der Waals surface area contributed by atoms with Crippen molar-refractivity contribution < 1.29 is 4.79 Å². The molecule has 18 heavy (non-hydrogen) atoms. The first-order valence-electron chi connectivity index (χ1n) is 6.43. The molecule has 4 heteroatoms. The fourth-order valence-corrected chi connectivity index (χ4v) is 2.87. The van der Waals surface area contributed by atoms with Crippen LogP contribution in [0, 0.1) is 0 Å². The van der Waals surface area contributed by atoms with Crippen LogP contribution in [0.2, 0.25) is 0 Å². The van der Waals surface area contributed by atoms with Gasteiger partial charge in [0.25, 0.3) is 0 Å². The molecule has 1 aliphatic heterocycles. The summed E-state index contributed by atoms with van der Waals surface area (Å²) in [5, 5.41) is 0. The van der Waals surface area contributed by atoms with Crippen LogP contribution in [0.4, 0.5) is 0 Å². The van der Waals surface area contributed by atoms with Crippen molar-refractivity contribution in [1.82, 2.24) is 4.90 Å². The SMILES string of the molecule is CC(N)c1ccc(SCC(=O)N2CCCC2)cc1. The van der Waals surface area contributed by atoms with Gasteiger partial charge in [-0.05, 0) is 37.5 Å². The Hall–Kier alpha value is -1.00. The van der Waals surface area contributed by atoms with Gasteiger partial charge in [-0.15, -0.1) is 11.8 Å². The van der Waals surface area contributed by atoms with Crippen molar-refractivity contribution in [2.75, 3.05) is 18.8 Å². The summed E-state index contributed by atoms with van der Waals surface area (Å²) >= 11 is 1.60. The molecule has 1 atom stereocenters. The van der Waals surface area contributed by atoms with E-state index in [4.69, 9.17) is 5.73 Å². The standard InChI is InChI=1S/C14H20N2OS/c1-11(15)12-4-6-13(7-5-12)18-10-14(17)16-8-2-3-9-16/h4-7,11H,2-3,8-10,15H2,1H3. The van der Waals surface area contributed by atoms with E-state index in [1.807, 2.05) is 36.1 Å². The summed E-state index contributed by atoms with van der Waals surface area (Å²) in [6.45, 7) is 3.84. The van der Waals surface area contributed by atoms with Crippen LogP contribution < -0.4 is 5.73 Å². The zero-order chi connectivity index (χ0) is 13.0. The van der Waals surface area contributed by atoms with Gasteiger partial charge >= 0.3 is 0 Å². The molecule has 1 fully saturated rings. The quantitative estimate of drug-likeness (QED) is 0.850. The smallest absolute Gasteiger partial charge is 0.232 e. The van der Waals surface area contributed by atoms with Crippen LogP contribution in [-0.2, 0) is 4.79 Å². The lowest BCUT2D eigenvalue weighted by atomic mass is 10.1.